The zero-order valence-electron chi connectivity index (χ0n) is 13.0. The van der Waals surface area contributed by atoms with Crippen LogP contribution < -0.4 is 0 Å². The second-order valence-corrected chi connectivity index (χ2v) is 5.74. The summed E-state index contributed by atoms with van der Waals surface area (Å²) in [6.45, 7) is 4.44. The maximum Gasteiger partial charge on any atom is -0.0202 e. The third-order valence-corrected chi connectivity index (χ3v) is 4.06. The van der Waals surface area contributed by atoms with Crippen molar-refractivity contribution < 1.29 is 0 Å². The van der Waals surface area contributed by atoms with Gasteiger partial charge in [-0.3, -0.25) is 0 Å². The fourth-order valence-electron chi connectivity index (χ4n) is 2.92. The Labute approximate surface area is 120 Å². The van der Waals surface area contributed by atoms with E-state index in [1.54, 1.807) is 0 Å². The zero-order valence-corrected chi connectivity index (χ0v) is 13.0. The Morgan fingerprint density at radius 2 is 1.63 bits per heavy atom. The number of unbranched alkanes of at least 4 members (excludes halogenated alkanes) is 2. The van der Waals surface area contributed by atoms with Crippen LogP contribution in [0.25, 0.3) is 0 Å². The van der Waals surface area contributed by atoms with Gasteiger partial charge in [-0.1, -0.05) is 63.1 Å². The number of hydrogen-bond acceptors (Lipinski definition) is 0. The van der Waals surface area contributed by atoms with Crippen LogP contribution in [0.15, 0.2) is 36.5 Å². The normalized spacial score (nSPS) is 24.3. The molecule has 1 aliphatic carbocycles. The van der Waals surface area contributed by atoms with Gasteiger partial charge in [0, 0.05) is 0 Å². The molecule has 1 fully saturated rings. The van der Waals surface area contributed by atoms with Crippen molar-refractivity contribution in [1.82, 2.24) is 0 Å². The van der Waals surface area contributed by atoms with Crippen LogP contribution in [0.4, 0.5) is 0 Å². The van der Waals surface area contributed by atoms with Gasteiger partial charge in [-0.15, -0.1) is 0 Å². The largest absolute Gasteiger partial charge is 0.0888 e. The molecule has 1 rings (SSSR count). The Balaban J connectivity index is 2.23. The standard InChI is InChI=1S/C19H32/c1-3-5-7-9-10-12-15-19-17-13-16-18(19)14-11-8-6-4-2/h5,7-8,11-12,15,18-19H,3-4,6,9-10,13-14,16-17H2,1-2H3/t18-,19-/m0/s1. The second kappa shape index (κ2) is 11.1. The first-order valence-corrected chi connectivity index (χ1v) is 8.35. The van der Waals surface area contributed by atoms with Crippen LogP contribution in [0, 0.1) is 11.8 Å². The Morgan fingerprint density at radius 1 is 0.842 bits per heavy atom. The molecule has 0 aromatic carbocycles. The summed E-state index contributed by atoms with van der Waals surface area (Å²) in [4.78, 5) is 0. The van der Waals surface area contributed by atoms with E-state index in [1.807, 2.05) is 0 Å². The highest BCUT2D eigenvalue weighted by molar-refractivity contribution is 4.98. The van der Waals surface area contributed by atoms with Crippen LogP contribution in [0.3, 0.4) is 0 Å². The molecule has 108 valence electrons. The molecule has 0 aromatic heterocycles. The lowest BCUT2D eigenvalue weighted by Gasteiger charge is -2.13. The molecule has 0 unspecified atom stereocenters. The Kier molecular flexibility index (Phi) is 9.49. The molecule has 0 heterocycles. The lowest BCUT2D eigenvalue weighted by Crippen LogP contribution is -2.03. The molecule has 0 aliphatic heterocycles. The van der Waals surface area contributed by atoms with Crippen LogP contribution >= 0.6 is 0 Å². The molecule has 0 N–H and O–H groups in total. The van der Waals surface area contributed by atoms with Crippen LogP contribution in [0.5, 0.6) is 0 Å². The molecule has 0 bridgehead atoms. The molecule has 1 aliphatic rings. The van der Waals surface area contributed by atoms with Gasteiger partial charge in [0.25, 0.3) is 0 Å². The monoisotopic (exact) mass is 260 g/mol. The summed E-state index contributed by atoms with van der Waals surface area (Å²) < 4.78 is 0. The molecule has 0 spiro atoms. The van der Waals surface area contributed by atoms with E-state index in [4.69, 9.17) is 0 Å². The molecular weight excluding hydrogens is 228 g/mol. The van der Waals surface area contributed by atoms with Gasteiger partial charge in [-0.2, -0.15) is 0 Å². The summed E-state index contributed by atoms with van der Waals surface area (Å²) in [6, 6.07) is 0. The van der Waals surface area contributed by atoms with Gasteiger partial charge >= 0.3 is 0 Å². The average Bonchev–Trinajstić information content (AvgIpc) is 2.86. The van der Waals surface area contributed by atoms with Crippen molar-refractivity contribution in [2.75, 3.05) is 0 Å². The van der Waals surface area contributed by atoms with E-state index in [-0.39, 0.29) is 0 Å². The van der Waals surface area contributed by atoms with Gasteiger partial charge in [0.2, 0.25) is 0 Å². The van der Waals surface area contributed by atoms with Crippen molar-refractivity contribution in [3.8, 4) is 0 Å². The highest BCUT2D eigenvalue weighted by Gasteiger charge is 2.23. The zero-order chi connectivity index (χ0) is 13.8. The van der Waals surface area contributed by atoms with Crippen molar-refractivity contribution >= 4 is 0 Å². The number of rotatable bonds is 9. The van der Waals surface area contributed by atoms with E-state index >= 15 is 0 Å². The first kappa shape index (κ1) is 16.3. The SMILES string of the molecule is CCC=CCCC=C[C@H]1CCC[C@@H]1CC=CCCC. The summed E-state index contributed by atoms with van der Waals surface area (Å²) in [5.41, 5.74) is 0. The van der Waals surface area contributed by atoms with Crippen LogP contribution in [0.2, 0.25) is 0 Å². The average molecular weight is 260 g/mol. The summed E-state index contributed by atoms with van der Waals surface area (Å²) >= 11 is 0. The molecule has 2 atom stereocenters. The molecule has 0 aromatic rings. The van der Waals surface area contributed by atoms with E-state index in [9.17, 15) is 0 Å². The minimum absolute atomic E-state index is 0.849. The summed E-state index contributed by atoms with van der Waals surface area (Å²) in [7, 11) is 0. The van der Waals surface area contributed by atoms with E-state index in [2.05, 4.69) is 50.3 Å². The number of hydrogen-bond donors (Lipinski definition) is 0. The Hall–Kier alpha value is -0.780. The van der Waals surface area contributed by atoms with Crippen molar-refractivity contribution in [3.63, 3.8) is 0 Å². The van der Waals surface area contributed by atoms with Gasteiger partial charge in [-0.05, 0) is 56.8 Å². The smallest absolute Gasteiger partial charge is 0.0202 e. The van der Waals surface area contributed by atoms with Gasteiger partial charge in [0.05, 0.1) is 0 Å². The fourth-order valence-corrected chi connectivity index (χ4v) is 2.92. The molecular formula is C19H32. The highest BCUT2D eigenvalue weighted by Crippen LogP contribution is 2.35. The van der Waals surface area contributed by atoms with E-state index in [0.29, 0.717) is 0 Å². The highest BCUT2D eigenvalue weighted by atomic mass is 14.3. The van der Waals surface area contributed by atoms with Gasteiger partial charge in [-0.25, -0.2) is 0 Å². The lowest BCUT2D eigenvalue weighted by atomic mass is 9.92. The lowest BCUT2D eigenvalue weighted by molar-refractivity contribution is 0.463. The van der Waals surface area contributed by atoms with Crippen molar-refractivity contribution in [1.29, 1.82) is 0 Å². The van der Waals surface area contributed by atoms with Crippen molar-refractivity contribution in [2.45, 2.75) is 71.6 Å². The molecule has 19 heavy (non-hydrogen) atoms. The van der Waals surface area contributed by atoms with E-state index in [1.165, 1.54) is 57.8 Å². The molecule has 0 radical (unpaired) electrons. The van der Waals surface area contributed by atoms with Crippen molar-refractivity contribution in [3.05, 3.63) is 36.5 Å². The summed E-state index contributed by atoms with van der Waals surface area (Å²) in [5, 5.41) is 0. The third kappa shape index (κ3) is 7.40. The maximum atomic E-state index is 2.51. The van der Waals surface area contributed by atoms with Crippen molar-refractivity contribution in [2.24, 2.45) is 11.8 Å². The minimum atomic E-state index is 0.849. The second-order valence-electron chi connectivity index (χ2n) is 5.74. The molecule has 0 saturated heterocycles. The fraction of sp³-hybridized carbons (Fsp3) is 0.684. The first-order chi connectivity index (χ1) is 9.38. The van der Waals surface area contributed by atoms with Gasteiger partial charge < -0.3 is 0 Å². The summed E-state index contributed by atoms with van der Waals surface area (Å²) in [5.74, 6) is 1.76. The van der Waals surface area contributed by atoms with Gasteiger partial charge in [0.1, 0.15) is 0 Å². The predicted octanol–water partition coefficient (Wildman–Crippen LogP) is 6.45. The Bertz CT molecular complexity index is 282. The predicted molar refractivity (Wildman–Crippen MR) is 87.3 cm³/mol. The molecule has 0 heteroatoms. The molecule has 1 saturated carbocycles. The van der Waals surface area contributed by atoms with Crippen LogP contribution in [-0.4, -0.2) is 0 Å². The quantitative estimate of drug-likeness (QED) is 0.330. The number of allylic oxidation sites excluding steroid dienone is 6. The minimum Gasteiger partial charge on any atom is -0.0888 e. The molecule has 0 nitrogen and oxygen atoms in total. The topological polar surface area (TPSA) is 0 Å². The van der Waals surface area contributed by atoms with E-state index < -0.39 is 0 Å². The first-order valence-electron chi connectivity index (χ1n) is 8.35. The Morgan fingerprint density at radius 3 is 2.42 bits per heavy atom. The van der Waals surface area contributed by atoms with Gasteiger partial charge in [0.15, 0.2) is 0 Å². The molecule has 0 amide bonds. The third-order valence-electron chi connectivity index (χ3n) is 4.06. The van der Waals surface area contributed by atoms with E-state index in [0.717, 1.165) is 11.8 Å². The summed E-state index contributed by atoms with van der Waals surface area (Å²) in [6.07, 6.45) is 26.0. The van der Waals surface area contributed by atoms with Crippen LogP contribution in [-0.2, 0) is 0 Å². The van der Waals surface area contributed by atoms with Crippen LogP contribution in [0.1, 0.15) is 71.6 Å². The maximum absolute atomic E-state index is 2.51.